The molecule has 7 nitrogen and oxygen atoms in total. The number of nitrogens with zero attached hydrogens (tertiary/aromatic N) is 2. The molecule has 0 aliphatic heterocycles. The average Bonchev–Trinajstić information content (AvgIpc) is 2.78. The number of esters is 1. The lowest BCUT2D eigenvalue weighted by Gasteiger charge is -2.09. The van der Waals surface area contributed by atoms with Crippen molar-refractivity contribution in [2.24, 2.45) is 5.73 Å². The molecule has 0 aliphatic rings. The fourth-order valence-corrected chi connectivity index (χ4v) is 3.56. The van der Waals surface area contributed by atoms with E-state index in [0.29, 0.717) is 39.4 Å². The Morgan fingerprint density at radius 1 is 1.33 bits per heavy atom. The molecular weight excluding hydrogens is 330 g/mol. The molecule has 0 saturated carbocycles. The minimum absolute atomic E-state index is 0.207. The molecule has 8 heteroatoms. The predicted octanol–water partition coefficient (Wildman–Crippen LogP) is 1.91. The number of primary amides is 1. The molecular formula is C16H21N3O4S. The Bertz CT molecular complexity index is 851. The molecule has 130 valence electrons. The molecule has 0 aliphatic carbocycles. The molecule has 2 heterocycles. The number of carbonyl (C=O) groups excluding carboxylic acids is 2. The molecule has 0 aromatic carbocycles. The van der Waals surface area contributed by atoms with Crippen LogP contribution in [0.1, 0.15) is 47.7 Å². The van der Waals surface area contributed by atoms with E-state index >= 15 is 0 Å². The first-order chi connectivity index (χ1) is 11.2. The highest BCUT2D eigenvalue weighted by atomic mass is 32.1. The highest BCUT2D eigenvalue weighted by Crippen LogP contribution is 2.28. The highest BCUT2D eigenvalue weighted by molar-refractivity contribution is 7.20. The van der Waals surface area contributed by atoms with Crippen molar-refractivity contribution in [3.05, 3.63) is 26.6 Å². The van der Waals surface area contributed by atoms with Crippen LogP contribution < -0.4 is 11.3 Å². The summed E-state index contributed by atoms with van der Waals surface area (Å²) < 4.78 is 6.74. The highest BCUT2D eigenvalue weighted by Gasteiger charge is 2.22. The zero-order valence-electron chi connectivity index (χ0n) is 14.2. The van der Waals surface area contributed by atoms with Crippen LogP contribution in [0.2, 0.25) is 0 Å². The van der Waals surface area contributed by atoms with Gasteiger partial charge in [-0.2, -0.15) is 0 Å². The third kappa shape index (κ3) is 3.64. The van der Waals surface area contributed by atoms with E-state index in [1.54, 1.807) is 27.7 Å². The third-order valence-electron chi connectivity index (χ3n) is 3.57. The Kier molecular flexibility index (Phi) is 5.38. The molecule has 0 atom stereocenters. The second-order valence-corrected chi connectivity index (χ2v) is 6.88. The van der Waals surface area contributed by atoms with Gasteiger partial charge in [0, 0.05) is 13.0 Å². The first-order valence-electron chi connectivity index (χ1n) is 7.72. The van der Waals surface area contributed by atoms with Crippen molar-refractivity contribution in [1.29, 1.82) is 0 Å². The van der Waals surface area contributed by atoms with Crippen LogP contribution in [0.15, 0.2) is 4.79 Å². The van der Waals surface area contributed by atoms with Gasteiger partial charge in [-0.05, 0) is 39.7 Å². The molecule has 0 radical (unpaired) electrons. The van der Waals surface area contributed by atoms with E-state index in [1.807, 2.05) is 0 Å². The van der Waals surface area contributed by atoms with E-state index < -0.39 is 11.9 Å². The minimum Gasteiger partial charge on any atom is -0.459 e. The van der Waals surface area contributed by atoms with Crippen molar-refractivity contribution < 1.29 is 14.3 Å². The summed E-state index contributed by atoms with van der Waals surface area (Å²) in [6.07, 6.45) is 0.440. The monoisotopic (exact) mass is 351 g/mol. The van der Waals surface area contributed by atoms with Gasteiger partial charge in [-0.1, -0.05) is 0 Å². The van der Waals surface area contributed by atoms with Gasteiger partial charge in [0.25, 0.3) is 5.56 Å². The van der Waals surface area contributed by atoms with Gasteiger partial charge in [-0.15, -0.1) is 11.3 Å². The van der Waals surface area contributed by atoms with Crippen molar-refractivity contribution in [2.75, 3.05) is 0 Å². The zero-order valence-corrected chi connectivity index (χ0v) is 15.0. The summed E-state index contributed by atoms with van der Waals surface area (Å²) in [5.74, 6) is -0.301. The maximum atomic E-state index is 12.8. The summed E-state index contributed by atoms with van der Waals surface area (Å²) in [5.41, 5.74) is 5.51. The molecule has 0 spiro atoms. The van der Waals surface area contributed by atoms with Gasteiger partial charge in [0.05, 0.1) is 11.5 Å². The van der Waals surface area contributed by atoms with E-state index in [-0.39, 0.29) is 18.1 Å². The standard InChI is InChI=1S/C16H21N3O4S/c1-8(2)23-16(22)13-9(3)12-14(24-13)18-10(4)19(15(12)21)7-5-6-11(17)20/h8H,5-7H2,1-4H3,(H2,17,20). The van der Waals surface area contributed by atoms with E-state index in [2.05, 4.69) is 4.98 Å². The van der Waals surface area contributed by atoms with E-state index in [1.165, 1.54) is 15.9 Å². The van der Waals surface area contributed by atoms with Crippen molar-refractivity contribution in [2.45, 2.75) is 53.2 Å². The molecule has 24 heavy (non-hydrogen) atoms. The van der Waals surface area contributed by atoms with Crippen LogP contribution in [-0.2, 0) is 16.1 Å². The summed E-state index contributed by atoms with van der Waals surface area (Å²) >= 11 is 1.17. The van der Waals surface area contributed by atoms with Crippen LogP contribution in [0.3, 0.4) is 0 Å². The van der Waals surface area contributed by atoms with Crippen molar-refractivity contribution >= 4 is 33.4 Å². The number of carbonyl (C=O) groups is 2. The first-order valence-corrected chi connectivity index (χ1v) is 8.53. The zero-order chi connectivity index (χ0) is 18.0. The topological polar surface area (TPSA) is 104 Å². The number of rotatable bonds is 6. The van der Waals surface area contributed by atoms with Gasteiger partial charge in [0.1, 0.15) is 15.5 Å². The van der Waals surface area contributed by atoms with Crippen LogP contribution in [0.5, 0.6) is 0 Å². The number of hydrogen-bond donors (Lipinski definition) is 1. The Morgan fingerprint density at radius 2 is 2.00 bits per heavy atom. The molecule has 2 aromatic rings. The number of fused-ring (bicyclic) bond motifs is 1. The van der Waals surface area contributed by atoms with Crippen LogP contribution in [0.25, 0.3) is 10.2 Å². The number of amides is 1. The lowest BCUT2D eigenvalue weighted by Crippen LogP contribution is -2.24. The molecule has 0 fully saturated rings. The van der Waals surface area contributed by atoms with Crippen LogP contribution >= 0.6 is 11.3 Å². The summed E-state index contributed by atoms with van der Waals surface area (Å²) in [6.45, 7) is 7.36. The predicted molar refractivity (Wildman–Crippen MR) is 92.3 cm³/mol. The van der Waals surface area contributed by atoms with Crippen molar-refractivity contribution in [3.8, 4) is 0 Å². The van der Waals surface area contributed by atoms with Crippen molar-refractivity contribution in [1.82, 2.24) is 9.55 Å². The summed E-state index contributed by atoms with van der Waals surface area (Å²) in [6, 6.07) is 0. The normalized spacial score (nSPS) is 11.2. The number of hydrogen-bond acceptors (Lipinski definition) is 6. The van der Waals surface area contributed by atoms with Crippen LogP contribution in [0, 0.1) is 13.8 Å². The largest absolute Gasteiger partial charge is 0.459 e. The number of thiophene rings is 1. The van der Waals surface area contributed by atoms with E-state index in [9.17, 15) is 14.4 Å². The number of ether oxygens (including phenoxy) is 1. The van der Waals surface area contributed by atoms with Gasteiger partial charge < -0.3 is 10.5 Å². The average molecular weight is 351 g/mol. The summed E-state index contributed by atoms with van der Waals surface area (Å²) in [4.78, 5) is 41.2. The van der Waals surface area contributed by atoms with Gasteiger partial charge in [0.2, 0.25) is 5.91 Å². The van der Waals surface area contributed by atoms with E-state index in [4.69, 9.17) is 10.5 Å². The second-order valence-electron chi connectivity index (χ2n) is 5.88. The first kappa shape index (κ1) is 18.1. The Morgan fingerprint density at radius 3 is 2.58 bits per heavy atom. The number of aryl methyl sites for hydroxylation is 2. The van der Waals surface area contributed by atoms with Gasteiger partial charge in [-0.25, -0.2) is 9.78 Å². The second kappa shape index (κ2) is 7.12. The van der Waals surface area contributed by atoms with E-state index in [0.717, 1.165) is 0 Å². The lowest BCUT2D eigenvalue weighted by molar-refractivity contribution is -0.118. The Labute approximate surface area is 143 Å². The third-order valence-corrected chi connectivity index (χ3v) is 4.74. The quantitative estimate of drug-likeness (QED) is 0.801. The minimum atomic E-state index is -0.442. The number of aromatic nitrogens is 2. The number of nitrogens with two attached hydrogens (primary N) is 1. The molecule has 0 bridgehead atoms. The SMILES string of the molecule is Cc1c(C(=O)OC(C)C)sc2nc(C)n(CCCC(N)=O)c(=O)c12. The molecule has 0 saturated heterocycles. The van der Waals surface area contributed by atoms with Gasteiger partial charge >= 0.3 is 5.97 Å². The maximum absolute atomic E-state index is 12.8. The summed E-state index contributed by atoms with van der Waals surface area (Å²) in [5, 5.41) is 0.431. The van der Waals surface area contributed by atoms with Gasteiger partial charge in [-0.3, -0.25) is 14.2 Å². The van der Waals surface area contributed by atoms with Crippen LogP contribution in [-0.4, -0.2) is 27.5 Å². The molecule has 2 N–H and O–H groups in total. The maximum Gasteiger partial charge on any atom is 0.348 e. The van der Waals surface area contributed by atoms with Gasteiger partial charge in [0.15, 0.2) is 0 Å². The summed E-state index contributed by atoms with van der Waals surface area (Å²) in [7, 11) is 0. The molecule has 2 aromatic heterocycles. The molecule has 2 rings (SSSR count). The lowest BCUT2D eigenvalue weighted by atomic mass is 10.2. The fraction of sp³-hybridized carbons (Fsp3) is 0.500. The fourth-order valence-electron chi connectivity index (χ4n) is 2.46. The van der Waals surface area contributed by atoms with Crippen molar-refractivity contribution in [3.63, 3.8) is 0 Å². The molecule has 1 amide bonds. The Balaban J connectivity index is 2.47. The Hall–Kier alpha value is -2.22. The van der Waals surface area contributed by atoms with Crippen LogP contribution in [0.4, 0.5) is 0 Å². The smallest absolute Gasteiger partial charge is 0.348 e. The molecule has 0 unspecified atom stereocenters.